The fraction of sp³-hybridized carbons (Fsp3) is 0.818. The summed E-state index contributed by atoms with van der Waals surface area (Å²) < 4.78 is 0. The number of hydrogen-bond donors (Lipinski definition) is 2. The minimum Gasteiger partial charge on any atom is -0.396 e. The van der Waals surface area contributed by atoms with Gasteiger partial charge in [-0.1, -0.05) is 19.8 Å². The maximum atomic E-state index is 11.1. The van der Waals surface area contributed by atoms with Gasteiger partial charge in [-0.05, 0) is 25.7 Å². The quantitative estimate of drug-likeness (QED) is 0.349. The van der Waals surface area contributed by atoms with Gasteiger partial charge in [0.1, 0.15) is 0 Å². The molecule has 0 spiro atoms. The second-order valence-electron chi connectivity index (χ2n) is 3.52. The first-order valence-corrected chi connectivity index (χ1v) is 5.72. The molecule has 4 nitrogen and oxygen atoms in total. The molecule has 0 aliphatic heterocycles. The second kappa shape index (κ2) is 11.2. The summed E-state index contributed by atoms with van der Waals surface area (Å²) in [5.41, 5.74) is 2.49. The number of carbonyl (C=O) groups excluding carboxylic acids is 1. The lowest BCUT2D eigenvalue weighted by Crippen LogP contribution is -2.16. The van der Waals surface area contributed by atoms with Crippen LogP contribution in [0.2, 0.25) is 0 Å². The lowest BCUT2D eigenvalue weighted by atomic mass is 10.2. The van der Waals surface area contributed by atoms with Crippen LogP contribution in [-0.2, 0) is 4.79 Å². The highest BCUT2D eigenvalue weighted by atomic mass is 16.2. The van der Waals surface area contributed by atoms with Crippen LogP contribution < -0.4 is 5.43 Å². The van der Waals surface area contributed by atoms with Gasteiger partial charge in [-0.3, -0.25) is 4.79 Å². The van der Waals surface area contributed by atoms with Crippen LogP contribution in [0.4, 0.5) is 0 Å². The number of amides is 1. The molecule has 0 aliphatic rings. The minimum absolute atomic E-state index is 0.0122. The van der Waals surface area contributed by atoms with E-state index in [1.165, 1.54) is 0 Å². The van der Waals surface area contributed by atoms with Crippen molar-refractivity contribution >= 4 is 12.1 Å². The highest BCUT2D eigenvalue weighted by molar-refractivity contribution is 5.76. The lowest BCUT2D eigenvalue weighted by molar-refractivity contribution is -0.121. The van der Waals surface area contributed by atoms with Crippen molar-refractivity contribution in [2.75, 3.05) is 6.61 Å². The highest BCUT2D eigenvalue weighted by Gasteiger charge is 1.97. The average Bonchev–Trinajstić information content (AvgIpc) is 2.23. The standard InChI is InChI=1S/C11H22N2O2/c1-2-3-5-8-11(15)13-12-9-6-4-7-10-14/h9,14H,2-8,10H2,1H3,(H,13,15)/b12-9+. The zero-order valence-corrected chi connectivity index (χ0v) is 9.54. The Kier molecular flexibility index (Phi) is 10.5. The van der Waals surface area contributed by atoms with Crippen LogP contribution in [0, 0.1) is 0 Å². The Hall–Kier alpha value is -0.900. The van der Waals surface area contributed by atoms with Gasteiger partial charge in [0.05, 0.1) is 0 Å². The van der Waals surface area contributed by atoms with E-state index in [0.29, 0.717) is 6.42 Å². The summed E-state index contributed by atoms with van der Waals surface area (Å²) in [6.45, 7) is 2.33. The molecule has 0 aromatic rings. The molecule has 0 atom stereocenters. The van der Waals surface area contributed by atoms with Crippen LogP contribution in [0.15, 0.2) is 5.10 Å². The first-order valence-electron chi connectivity index (χ1n) is 5.72. The summed E-state index contributed by atoms with van der Waals surface area (Å²) in [5, 5.41) is 12.3. The van der Waals surface area contributed by atoms with Crippen LogP contribution in [0.5, 0.6) is 0 Å². The Balaban J connectivity index is 3.28. The molecule has 0 rings (SSSR count). The van der Waals surface area contributed by atoms with E-state index in [9.17, 15) is 4.79 Å². The third kappa shape index (κ3) is 11.0. The summed E-state index contributed by atoms with van der Waals surface area (Å²) in [7, 11) is 0. The SMILES string of the molecule is CCCCCC(=O)N/N=C/CCCCO. The van der Waals surface area contributed by atoms with Crippen LogP contribution in [0.25, 0.3) is 0 Å². The Bertz CT molecular complexity index is 181. The number of carbonyl (C=O) groups is 1. The summed E-state index contributed by atoms with van der Waals surface area (Å²) in [6.07, 6.45) is 7.89. The third-order valence-electron chi connectivity index (χ3n) is 2.03. The molecule has 1 amide bonds. The number of nitrogens with zero attached hydrogens (tertiary/aromatic N) is 1. The van der Waals surface area contributed by atoms with E-state index in [1.54, 1.807) is 6.21 Å². The summed E-state index contributed by atoms with van der Waals surface area (Å²) >= 11 is 0. The number of hydrogen-bond acceptors (Lipinski definition) is 3. The summed E-state index contributed by atoms with van der Waals surface area (Å²) in [6, 6.07) is 0. The molecule has 0 saturated heterocycles. The molecule has 0 heterocycles. The first-order chi connectivity index (χ1) is 7.31. The minimum atomic E-state index is -0.0122. The van der Waals surface area contributed by atoms with Crippen molar-refractivity contribution in [3.63, 3.8) is 0 Å². The first kappa shape index (κ1) is 14.1. The summed E-state index contributed by atoms with van der Waals surface area (Å²) in [4.78, 5) is 11.1. The predicted molar refractivity (Wildman–Crippen MR) is 61.7 cm³/mol. The maximum absolute atomic E-state index is 11.1. The van der Waals surface area contributed by atoms with Gasteiger partial charge in [-0.25, -0.2) is 5.43 Å². The summed E-state index contributed by atoms with van der Waals surface area (Å²) in [5.74, 6) is -0.0122. The molecule has 0 aromatic carbocycles. The van der Waals surface area contributed by atoms with Gasteiger partial charge < -0.3 is 5.11 Å². The molecule has 15 heavy (non-hydrogen) atoms. The molecular formula is C11H22N2O2. The largest absolute Gasteiger partial charge is 0.396 e. The van der Waals surface area contributed by atoms with E-state index in [2.05, 4.69) is 17.5 Å². The smallest absolute Gasteiger partial charge is 0.240 e. The van der Waals surface area contributed by atoms with Crippen molar-refractivity contribution < 1.29 is 9.90 Å². The molecule has 0 aromatic heterocycles. The highest BCUT2D eigenvalue weighted by Crippen LogP contribution is 1.98. The molecule has 0 radical (unpaired) electrons. The Morgan fingerprint density at radius 1 is 1.33 bits per heavy atom. The van der Waals surface area contributed by atoms with E-state index >= 15 is 0 Å². The predicted octanol–water partition coefficient (Wildman–Crippen LogP) is 1.83. The fourth-order valence-corrected chi connectivity index (χ4v) is 1.12. The van der Waals surface area contributed by atoms with E-state index in [4.69, 9.17) is 5.11 Å². The molecule has 88 valence electrons. The molecule has 0 aliphatic carbocycles. The number of rotatable bonds is 9. The van der Waals surface area contributed by atoms with Gasteiger partial charge >= 0.3 is 0 Å². The third-order valence-corrected chi connectivity index (χ3v) is 2.03. The van der Waals surface area contributed by atoms with Crippen molar-refractivity contribution in [2.45, 2.75) is 51.9 Å². The van der Waals surface area contributed by atoms with Crippen LogP contribution >= 0.6 is 0 Å². The van der Waals surface area contributed by atoms with Crippen molar-refractivity contribution in [1.29, 1.82) is 0 Å². The van der Waals surface area contributed by atoms with Crippen molar-refractivity contribution in [3.8, 4) is 0 Å². The zero-order valence-electron chi connectivity index (χ0n) is 9.54. The van der Waals surface area contributed by atoms with Gasteiger partial charge in [0.25, 0.3) is 0 Å². The van der Waals surface area contributed by atoms with Gasteiger partial charge in [-0.2, -0.15) is 5.10 Å². The van der Waals surface area contributed by atoms with Crippen molar-refractivity contribution in [3.05, 3.63) is 0 Å². The topological polar surface area (TPSA) is 61.7 Å². The molecule has 0 unspecified atom stereocenters. The number of aliphatic hydroxyl groups excluding tert-OH is 1. The average molecular weight is 214 g/mol. The number of hydrazone groups is 1. The molecule has 2 N–H and O–H groups in total. The maximum Gasteiger partial charge on any atom is 0.240 e. The normalized spacial score (nSPS) is 10.8. The molecule has 0 fully saturated rings. The van der Waals surface area contributed by atoms with Gasteiger partial charge in [-0.15, -0.1) is 0 Å². The Labute approximate surface area is 91.8 Å². The lowest BCUT2D eigenvalue weighted by Gasteiger charge is -1.98. The molecule has 0 bridgehead atoms. The van der Waals surface area contributed by atoms with Gasteiger partial charge in [0.2, 0.25) is 5.91 Å². The van der Waals surface area contributed by atoms with Crippen molar-refractivity contribution in [2.24, 2.45) is 5.10 Å². The van der Waals surface area contributed by atoms with Gasteiger partial charge in [0.15, 0.2) is 0 Å². The van der Waals surface area contributed by atoms with Crippen LogP contribution in [0.3, 0.4) is 0 Å². The zero-order chi connectivity index (χ0) is 11.4. The number of nitrogens with one attached hydrogen (secondary N) is 1. The molecular weight excluding hydrogens is 192 g/mol. The van der Waals surface area contributed by atoms with E-state index in [-0.39, 0.29) is 12.5 Å². The Morgan fingerprint density at radius 2 is 2.13 bits per heavy atom. The van der Waals surface area contributed by atoms with E-state index < -0.39 is 0 Å². The van der Waals surface area contributed by atoms with Crippen LogP contribution in [-0.4, -0.2) is 23.8 Å². The molecule has 0 saturated carbocycles. The van der Waals surface area contributed by atoms with Crippen LogP contribution in [0.1, 0.15) is 51.9 Å². The number of aliphatic hydroxyl groups is 1. The van der Waals surface area contributed by atoms with Gasteiger partial charge in [0, 0.05) is 19.2 Å². The second-order valence-corrected chi connectivity index (χ2v) is 3.52. The van der Waals surface area contributed by atoms with E-state index in [1.807, 2.05) is 0 Å². The fourth-order valence-electron chi connectivity index (χ4n) is 1.12. The van der Waals surface area contributed by atoms with Crippen molar-refractivity contribution in [1.82, 2.24) is 5.43 Å². The molecule has 4 heteroatoms. The van der Waals surface area contributed by atoms with E-state index in [0.717, 1.165) is 38.5 Å². The Morgan fingerprint density at radius 3 is 2.80 bits per heavy atom. The monoisotopic (exact) mass is 214 g/mol. The number of unbranched alkanes of at least 4 members (excludes halogenated alkanes) is 4.